The van der Waals surface area contributed by atoms with Gasteiger partial charge >= 0.3 is 0 Å². The molecule has 6 heteroatoms. The van der Waals surface area contributed by atoms with Gasteiger partial charge in [-0.25, -0.2) is 9.38 Å². The third kappa shape index (κ3) is 6.52. The lowest BCUT2D eigenvalue weighted by Gasteiger charge is -2.12. The van der Waals surface area contributed by atoms with Crippen LogP contribution in [0.4, 0.5) is 4.39 Å². The number of pyridine rings is 1. The zero-order chi connectivity index (χ0) is 15.8. The minimum atomic E-state index is -0.241. The molecule has 23 heavy (non-hydrogen) atoms. The highest BCUT2D eigenvalue weighted by atomic mass is 127. The Bertz CT molecular complexity index is 646. The third-order valence-corrected chi connectivity index (χ3v) is 3.19. The third-order valence-electron chi connectivity index (χ3n) is 3.19. The van der Waals surface area contributed by atoms with Crippen LogP contribution in [0.5, 0.6) is 0 Å². The number of benzene rings is 1. The van der Waals surface area contributed by atoms with Crippen LogP contribution in [0.1, 0.15) is 23.7 Å². The topological polar surface area (TPSA) is 49.3 Å². The molecule has 1 aromatic carbocycles. The molecule has 0 atom stereocenters. The van der Waals surface area contributed by atoms with E-state index in [0.717, 1.165) is 23.4 Å². The maximum atomic E-state index is 13.2. The van der Waals surface area contributed by atoms with Crippen LogP contribution < -0.4 is 10.6 Å². The highest BCUT2D eigenvalue weighted by Gasteiger charge is 2.02. The molecule has 0 spiro atoms. The van der Waals surface area contributed by atoms with Gasteiger partial charge in [0.25, 0.3) is 0 Å². The van der Waals surface area contributed by atoms with Gasteiger partial charge in [0.15, 0.2) is 5.96 Å². The molecule has 2 aromatic rings. The van der Waals surface area contributed by atoms with Gasteiger partial charge in [-0.15, -0.1) is 24.0 Å². The van der Waals surface area contributed by atoms with E-state index in [0.29, 0.717) is 19.0 Å². The number of hydrogen-bond acceptors (Lipinski definition) is 2. The van der Waals surface area contributed by atoms with Crippen LogP contribution in [-0.2, 0) is 13.1 Å². The fourth-order valence-electron chi connectivity index (χ4n) is 2.02. The first-order valence-corrected chi connectivity index (χ1v) is 7.36. The summed E-state index contributed by atoms with van der Waals surface area (Å²) in [6.45, 7) is 5.82. The lowest BCUT2D eigenvalue weighted by Crippen LogP contribution is -2.37. The first-order valence-electron chi connectivity index (χ1n) is 7.36. The molecule has 0 aliphatic rings. The van der Waals surface area contributed by atoms with E-state index in [2.05, 4.69) is 20.6 Å². The van der Waals surface area contributed by atoms with E-state index in [1.807, 2.05) is 32.0 Å². The Morgan fingerprint density at radius 3 is 2.74 bits per heavy atom. The van der Waals surface area contributed by atoms with Gasteiger partial charge in [0.2, 0.25) is 0 Å². The van der Waals surface area contributed by atoms with Gasteiger partial charge in [0, 0.05) is 12.7 Å². The minimum absolute atomic E-state index is 0. The Morgan fingerprint density at radius 2 is 2.04 bits per heavy atom. The van der Waals surface area contributed by atoms with E-state index >= 15 is 0 Å². The van der Waals surface area contributed by atoms with Crippen LogP contribution in [0.3, 0.4) is 0 Å². The van der Waals surface area contributed by atoms with Crippen molar-refractivity contribution in [3.05, 3.63) is 65.2 Å². The van der Waals surface area contributed by atoms with Crippen molar-refractivity contribution in [2.24, 2.45) is 4.99 Å². The number of nitrogens with zero attached hydrogens (tertiary/aromatic N) is 2. The largest absolute Gasteiger partial charge is 0.357 e. The smallest absolute Gasteiger partial charge is 0.191 e. The maximum absolute atomic E-state index is 13.2. The van der Waals surface area contributed by atoms with Crippen LogP contribution in [0.15, 0.2) is 47.6 Å². The van der Waals surface area contributed by atoms with Crippen molar-refractivity contribution in [2.45, 2.75) is 26.9 Å². The Balaban J connectivity index is 0.00000264. The summed E-state index contributed by atoms with van der Waals surface area (Å²) in [5.74, 6) is 0.451. The van der Waals surface area contributed by atoms with Crippen molar-refractivity contribution >= 4 is 29.9 Å². The fraction of sp³-hybridized carbons (Fsp3) is 0.294. The molecule has 2 N–H and O–H groups in total. The van der Waals surface area contributed by atoms with Gasteiger partial charge in [-0.05, 0) is 43.2 Å². The second-order valence-electron chi connectivity index (χ2n) is 4.95. The first kappa shape index (κ1) is 19.3. The number of aliphatic imine (C=N–C) groups is 1. The monoisotopic (exact) mass is 428 g/mol. The molecule has 0 amide bonds. The number of nitrogens with one attached hydrogen (secondary N) is 2. The molecule has 2 rings (SSSR count). The molecule has 0 bridgehead atoms. The first-order chi connectivity index (χ1) is 10.7. The molecule has 124 valence electrons. The molecule has 1 aromatic heterocycles. The van der Waals surface area contributed by atoms with Crippen molar-refractivity contribution < 1.29 is 4.39 Å². The molecule has 0 fully saturated rings. The van der Waals surface area contributed by atoms with E-state index in [1.54, 1.807) is 12.3 Å². The lowest BCUT2D eigenvalue weighted by molar-refractivity contribution is 0.625. The van der Waals surface area contributed by atoms with E-state index in [9.17, 15) is 4.39 Å². The second kappa shape index (κ2) is 10.1. The summed E-state index contributed by atoms with van der Waals surface area (Å²) in [7, 11) is 0. The molecule has 0 aliphatic carbocycles. The molecular formula is C17H22FIN4. The molecule has 0 saturated carbocycles. The highest BCUT2D eigenvalue weighted by Crippen LogP contribution is 2.05. The van der Waals surface area contributed by atoms with Crippen molar-refractivity contribution in [1.29, 1.82) is 0 Å². The average molecular weight is 428 g/mol. The number of rotatable bonds is 5. The number of hydrogen-bond donors (Lipinski definition) is 2. The number of aromatic nitrogens is 1. The van der Waals surface area contributed by atoms with E-state index in [4.69, 9.17) is 0 Å². The van der Waals surface area contributed by atoms with E-state index < -0.39 is 0 Å². The molecule has 0 unspecified atom stereocenters. The predicted octanol–water partition coefficient (Wildman–Crippen LogP) is 3.40. The Morgan fingerprint density at radius 1 is 1.22 bits per heavy atom. The van der Waals surface area contributed by atoms with Gasteiger partial charge in [0.05, 0.1) is 18.8 Å². The van der Waals surface area contributed by atoms with Crippen molar-refractivity contribution in [3.63, 3.8) is 0 Å². The van der Waals surface area contributed by atoms with Crippen LogP contribution in [-0.4, -0.2) is 17.5 Å². The van der Waals surface area contributed by atoms with Gasteiger partial charge in [0.1, 0.15) is 5.82 Å². The van der Waals surface area contributed by atoms with Crippen LogP contribution in [0, 0.1) is 12.7 Å². The minimum Gasteiger partial charge on any atom is -0.357 e. The molecule has 4 nitrogen and oxygen atoms in total. The fourth-order valence-corrected chi connectivity index (χ4v) is 2.02. The average Bonchev–Trinajstić information content (AvgIpc) is 2.51. The normalized spacial score (nSPS) is 10.8. The molecule has 0 aliphatic heterocycles. The van der Waals surface area contributed by atoms with Crippen LogP contribution in [0.25, 0.3) is 0 Å². The number of aryl methyl sites for hydroxylation is 1. The van der Waals surface area contributed by atoms with Crippen LogP contribution in [0.2, 0.25) is 0 Å². The number of halogens is 2. The molecular weight excluding hydrogens is 406 g/mol. The summed E-state index contributed by atoms with van der Waals surface area (Å²) in [5, 5.41) is 6.42. The summed E-state index contributed by atoms with van der Waals surface area (Å²) in [6.07, 6.45) is 1.78. The van der Waals surface area contributed by atoms with Crippen molar-refractivity contribution in [2.75, 3.05) is 6.54 Å². The van der Waals surface area contributed by atoms with Gasteiger partial charge in [-0.3, -0.25) is 4.98 Å². The van der Waals surface area contributed by atoms with Crippen molar-refractivity contribution in [3.8, 4) is 0 Å². The summed E-state index contributed by atoms with van der Waals surface area (Å²) >= 11 is 0. The second-order valence-corrected chi connectivity index (χ2v) is 4.95. The summed E-state index contributed by atoms with van der Waals surface area (Å²) in [5.41, 5.74) is 2.96. The number of guanidine groups is 1. The van der Waals surface area contributed by atoms with E-state index in [1.165, 1.54) is 12.1 Å². The predicted molar refractivity (Wildman–Crippen MR) is 102 cm³/mol. The SMILES string of the molecule is CCNC(=NCc1cccc(F)c1)NCc1ncccc1C.I. The van der Waals surface area contributed by atoms with Gasteiger partial charge in [-0.1, -0.05) is 18.2 Å². The van der Waals surface area contributed by atoms with Gasteiger partial charge < -0.3 is 10.6 Å². The summed E-state index contributed by atoms with van der Waals surface area (Å²) < 4.78 is 13.2. The zero-order valence-corrected chi connectivity index (χ0v) is 15.7. The lowest BCUT2D eigenvalue weighted by atomic mass is 10.2. The molecule has 1 heterocycles. The van der Waals surface area contributed by atoms with Gasteiger partial charge in [-0.2, -0.15) is 0 Å². The standard InChI is InChI=1S/C17H21FN4.HI/c1-3-19-17(21-11-14-7-4-8-15(18)10-14)22-12-16-13(2)6-5-9-20-16;/h4-10H,3,11-12H2,1-2H3,(H2,19,21,22);1H. The highest BCUT2D eigenvalue weighted by molar-refractivity contribution is 14.0. The quantitative estimate of drug-likeness (QED) is 0.436. The Labute approximate surface area is 153 Å². The molecule has 0 radical (unpaired) electrons. The Hall–Kier alpha value is -1.70. The van der Waals surface area contributed by atoms with Crippen molar-refractivity contribution in [1.82, 2.24) is 15.6 Å². The van der Waals surface area contributed by atoms with Crippen LogP contribution >= 0.6 is 24.0 Å². The van der Waals surface area contributed by atoms with E-state index in [-0.39, 0.29) is 29.8 Å². The zero-order valence-electron chi connectivity index (χ0n) is 13.3. The maximum Gasteiger partial charge on any atom is 0.191 e. The Kier molecular flexibility index (Phi) is 8.53. The summed E-state index contributed by atoms with van der Waals surface area (Å²) in [4.78, 5) is 8.81. The molecule has 0 saturated heterocycles. The summed E-state index contributed by atoms with van der Waals surface area (Å²) in [6, 6.07) is 10.4.